The minimum atomic E-state index is -0.298. The largest absolute Gasteiger partial charge is 0.383 e. The summed E-state index contributed by atoms with van der Waals surface area (Å²) in [7, 11) is 1.83. The van der Waals surface area contributed by atoms with Crippen LogP contribution in [0.5, 0.6) is 0 Å². The summed E-state index contributed by atoms with van der Waals surface area (Å²) in [5, 5.41) is 7.20. The Labute approximate surface area is 222 Å². The first-order valence-corrected chi connectivity index (χ1v) is 12.8. The number of benzene rings is 2. The van der Waals surface area contributed by atoms with Crippen LogP contribution < -0.4 is 11.1 Å². The van der Waals surface area contributed by atoms with Crippen LogP contribution in [0.2, 0.25) is 0 Å². The van der Waals surface area contributed by atoms with E-state index in [1.807, 2.05) is 37.5 Å². The minimum absolute atomic E-state index is 0.0380. The van der Waals surface area contributed by atoms with Gasteiger partial charge >= 0.3 is 0 Å². The maximum atomic E-state index is 13.2. The lowest BCUT2D eigenvalue weighted by atomic mass is 9.97. The maximum Gasteiger partial charge on any atom is 0.255 e. The van der Waals surface area contributed by atoms with E-state index < -0.39 is 0 Å². The molecule has 1 saturated heterocycles. The van der Waals surface area contributed by atoms with Crippen LogP contribution in [0.15, 0.2) is 73.2 Å². The van der Waals surface area contributed by atoms with E-state index in [9.17, 15) is 9.59 Å². The molecule has 5 rings (SSSR count). The Morgan fingerprint density at radius 1 is 1.00 bits per heavy atom. The second-order valence-corrected chi connectivity index (χ2v) is 10.1. The molecule has 0 radical (unpaired) electrons. The van der Waals surface area contributed by atoms with Gasteiger partial charge in [0.05, 0.1) is 11.8 Å². The first kappa shape index (κ1) is 25.2. The molecule has 0 saturated carbocycles. The lowest BCUT2D eigenvalue weighted by Crippen LogP contribution is -2.38. The van der Waals surface area contributed by atoms with E-state index in [2.05, 4.69) is 53.5 Å². The molecule has 8 nitrogen and oxygen atoms in total. The molecule has 1 aliphatic rings. The summed E-state index contributed by atoms with van der Waals surface area (Å²) < 4.78 is 1.69. The predicted molar refractivity (Wildman–Crippen MR) is 149 cm³/mol. The molecule has 0 unspecified atom stereocenters. The van der Waals surface area contributed by atoms with Crippen molar-refractivity contribution in [1.82, 2.24) is 25.0 Å². The van der Waals surface area contributed by atoms with E-state index in [1.165, 1.54) is 5.56 Å². The number of nitrogens with one attached hydrogen (secondary N) is 1. The molecule has 1 atom stereocenters. The van der Waals surface area contributed by atoms with Gasteiger partial charge in [-0.15, -0.1) is 0 Å². The van der Waals surface area contributed by atoms with Gasteiger partial charge in [0.2, 0.25) is 0 Å². The molecule has 1 aliphatic heterocycles. The fourth-order valence-corrected chi connectivity index (χ4v) is 4.78. The first-order chi connectivity index (χ1) is 18.3. The van der Waals surface area contributed by atoms with Crippen molar-refractivity contribution in [3.8, 4) is 22.3 Å². The number of hydrogen-bond acceptors (Lipinski definition) is 5. The number of hydrogen-bond donors (Lipinski definition) is 2. The molecule has 0 spiro atoms. The van der Waals surface area contributed by atoms with Gasteiger partial charge in [-0.1, -0.05) is 50.2 Å². The van der Waals surface area contributed by atoms with Crippen molar-refractivity contribution in [1.29, 1.82) is 0 Å². The Morgan fingerprint density at radius 2 is 1.79 bits per heavy atom. The molecule has 38 heavy (non-hydrogen) atoms. The highest BCUT2D eigenvalue weighted by Gasteiger charge is 2.29. The van der Waals surface area contributed by atoms with Crippen LogP contribution >= 0.6 is 0 Å². The number of likely N-dealkylation sites (tertiary alicyclic amines) is 1. The SMILES string of the molecule is CC(C)c1cccc(-c2ccc(C(=O)N3CC[C@@H](NC(=O)c4cc(-c5cnn(C)c5)cnc4N)C3)cc2)c1. The van der Waals surface area contributed by atoms with Crippen molar-refractivity contribution in [2.24, 2.45) is 7.05 Å². The summed E-state index contributed by atoms with van der Waals surface area (Å²) >= 11 is 0. The topological polar surface area (TPSA) is 106 Å². The Kier molecular flexibility index (Phi) is 6.96. The molecular weight excluding hydrogens is 476 g/mol. The average molecular weight is 509 g/mol. The van der Waals surface area contributed by atoms with Gasteiger partial charge in [-0.2, -0.15) is 5.10 Å². The molecular formula is C30H32N6O2. The predicted octanol–water partition coefficient (Wildman–Crippen LogP) is 4.50. The van der Waals surface area contributed by atoms with Crippen LogP contribution in [0.25, 0.3) is 22.3 Å². The van der Waals surface area contributed by atoms with E-state index in [4.69, 9.17) is 5.73 Å². The zero-order valence-electron chi connectivity index (χ0n) is 21.9. The van der Waals surface area contributed by atoms with E-state index >= 15 is 0 Å². The van der Waals surface area contributed by atoms with Gasteiger partial charge in [0.1, 0.15) is 5.82 Å². The molecule has 194 valence electrons. The fourth-order valence-electron chi connectivity index (χ4n) is 4.78. The number of anilines is 1. The third-order valence-electron chi connectivity index (χ3n) is 7.03. The van der Waals surface area contributed by atoms with Crippen LogP contribution in [-0.2, 0) is 7.05 Å². The molecule has 2 aromatic carbocycles. The number of nitrogen functional groups attached to an aromatic ring is 1. The van der Waals surface area contributed by atoms with Gasteiger partial charge in [0, 0.05) is 55.3 Å². The molecule has 0 aliphatic carbocycles. The Hall–Kier alpha value is -4.46. The molecule has 4 aromatic rings. The quantitative estimate of drug-likeness (QED) is 0.399. The van der Waals surface area contributed by atoms with Gasteiger partial charge in [0.15, 0.2) is 0 Å². The Bertz CT molecular complexity index is 1470. The average Bonchev–Trinajstić information content (AvgIpc) is 3.57. The Morgan fingerprint density at radius 3 is 2.50 bits per heavy atom. The van der Waals surface area contributed by atoms with E-state index in [1.54, 1.807) is 28.0 Å². The van der Waals surface area contributed by atoms with Crippen LogP contribution in [0.1, 0.15) is 52.5 Å². The van der Waals surface area contributed by atoms with Crippen molar-refractivity contribution < 1.29 is 9.59 Å². The number of aryl methyl sites for hydroxylation is 1. The molecule has 3 heterocycles. The smallest absolute Gasteiger partial charge is 0.255 e. The normalized spacial score (nSPS) is 15.2. The number of nitrogens with two attached hydrogens (primary N) is 1. The maximum absolute atomic E-state index is 13.2. The van der Waals surface area contributed by atoms with Crippen LogP contribution in [-0.4, -0.2) is 50.6 Å². The van der Waals surface area contributed by atoms with Crippen molar-refractivity contribution in [3.05, 3.63) is 89.9 Å². The first-order valence-electron chi connectivity index (χ1n) is 12.8. The van der Waals surface area contributed by atoms with Crippen molar-refractivity contribution in [2.45, 2.75) is 32.2 Å². The summed E-state index contributed by atoms with van der Waals surface area (Å²) in [5.41, 5.74) is 12.1. The Balaban J connectivity index is 1.22. The van der Waals surface area contributed by atoms with E-state index in [0.29, 0.717) is 36.6 Å². The second kappa shape index (κ2) is 10.5. The van der Waals surface area contributed by atoms with Gasteiger partial charge in [-0.05, 0) is 47.2 Å². The standard InChI is InChI=1S/C30H32N6O2/c1-19(2)22-5-4-6-23(13-22)20-7-9-21(10-8-20)30(38)36-12-11-26(18-36)34-29(37)27-14-24(15-32-28(27)31)25-16-33-35(3)17-25/h4-10,13-17,19,26H,11-12,18H2,1-3H3,(H2,31,32)(H,34,37)/t26-/m1/s1. The summed E-state index contributed by atoms with van der Waals surface area (Å²) in [4.78, 5) is 32.2. The van der Waals surface area contributed by atoms with Gasteiger partial charge in [-0.25, -0.2) is 4.98 Å². The van der Waals surface area contributed by atoms with E-state index in [0.717, 1.165) is 22.3 Å². The zero-order valence-corrected chi connectivity index (χ0v) is 21.9. The van der Waals surface area contributed by atoms with Crippen LogP contribution in [0.4, 0.5) is 5.82 Å². The third kappa shape index (κ3) is 5.29. The summed E-state index contributed by atoms with van der Waals surface area (Å²) in [6.45, 7) is 5.37. The number of nitrogens with zero attached hydrogens (tertiary/aromatic N) is 4. The molecule has 3 N–H and O–H groups in total. The fraction of sp³-hybridized carbons (Fsp3) is 0.267. The summed E-state index contributed by atoms with van der Waals surface area (Å²) in [6.07, 6.45) is 5.87. The van der Waals surface area contributed by atoms with Crippen LogP contribution in [0.3, 0.4) is 0 Å². The highest BCUT2D eigenvalue weighted by atomic mass is 16.2. The molecule has 0 bridgehead atoms. The lowest BCUT2D eigenvalue weighted by molar-refractivity contribution is 0.0783. The third-order valence-corrected chi connectivity index (χ3v) is 7.03. The number of pyridine rings is 1. The summed E-state index contributed by atoms with van der Waals surface area (Å²) in [5.74, 6) is 0.286. The number of amides is 2. The van der Waals surface area contributed by atoms with Gasteiger partial charge in [0.25, 0.3) is 11.8 Å². The zero-order chi connectivity index (χ0) is 26.8. The van der Waals surface area contributed by atoms with E-state index in [-0.39, 0.29) is 23.7 Å². The van der Waals surface area contributed by atoms with Gasteiger partial charge < -0.3 is 16.0 Å². The minimum Gasteiger partial charge on any atom is -0.383 e. The second-order valence-electron chi connectivity index (χ2n) is 10.1. The molecule has 1 fully saturated rings. The van der Waals surface area contributed by atoms with Crippen LogP contribution in [0, 0.1) is 0 Å². The number of rotatable bonds is 6. The molecule has 8 heteroatoms. The summed E-state index contributed by atoms with van der Waals surface area (Å²) in [6, 6.07) is 17.8. The van der Waals surface area contributed by atoms with Crippen molar-refractivity contribution >= 4 is 17.6 Å². The number of aromatic nitrogens is 3. The highest BCUT2D eigenvalue weighted by Crippen LogP contribution is 2.26. The van der Waals surface area contributed by atoms with Crippen molar-refractivity contribution in [3.63, 3.8) is 0 Å². The monoisotopic (exact) mass is 508 g/mol. The molecule has 2 amide bonds. The lowest BCUT2D eigenvalue weighted by Gasteiger charge is -2.18. The number of carbonyl (C=O) groups is 2. The van der Waals surface area contributed by atoms with Crippen molar-refractivity contribution in [2.75, 3.05) is 18.8 Å². The van der Waals surface area contributed by atoms with Gasteiger partial charge in [-0.3, -0.25) is 14.3 Å². The number of carbonyl (C=O) groups excluding carboxylic acids is 2. The molecule has 2 aromatic heterocycles. The highest BCUT2D eigenvalue weighted by molar-refractivity contribution is 6.00.